The Morgan fingerprint density at radius 2 is 1.68 bits per heavy atom. The topological polar surface area (TPSA) is 78.7 Å². The Kier molecular flexibility index (Phi) is 9.00. The van der Waals surface area contributed by atoms with Gasteiger partial charge in [0.15, 0.2) is 5.69 Å². The third-order valence-electron chi connectivity index (χ3n) is 7.39. The molecule has 0 saturated heterocycles. The number of carbonyl (C=O) groups is 2. The molecule has 7 nitrogen and oxygen atoms in total. The van der Waals surface area contributed by atoms with Crippen LogP contribution in [0.1, 0.15) is 82.8 Å². The third-order valence-corrected chi connectivity index (χ3v) is 7.39. The normalized spacial score (nSPS) is 14.9. The fraction of sp³-hybridized carbons (Fsp3) is 0.452. The number of aliphatic hydroxyl groups excluding tert-OH is 1. The van der Waals surface area contributed by atoms with Crippen LogP contribution >= 0.6 is 0 Å². The van der Waals surface area contributed by atoms with Gasteiger partial charge in [-0.05, 0) is 62.4 Å². The summed E-state index contributed by atoms with van der Waals surface area (Å²) in [6.07, 6.45) is 4.57. The molecular weight excluding hydrogens is 476 g/mol. The second-order valence-electron chi connectivity index (χ2n) is 10.3. The fourth-order valence-corrected chi connectivity index (χ4v) is 5.15. The van der Waals surface area contributed by atoms with Gasteiger partial charge >= 0.3 is 0 Å². The Hall–Kier alpha value is -3.45. The molecule has 0 fully saturated rings. The summed E-state index contributed by atoms with van der Waals surface area (Å²) in [5.74, 6) is -0.214. The smallest absolute Gasteiger partial charge is 0.274 e. The zero-order valence-corrected chi connectivity index (χ0v) is 23.1. The molecule has 4 rings (SSSR count). The summed E-state index contributed by atoms with van der Waals surface area (Å²) in [5.41, 5.74) is 5.57. The highest BCUT2D eigenvalue weighted by atomic mass is 16.3. The number of carbonyl (C=O) groups excluding carboxylic acids is 2. The molecule has 0 radical (unpaired) electrons. The maximum Gasteiger partial charge on any atom is 0.274 e. The van der Waals surface area contributed by atoms with Crippen molar-refractivity contribution in [3.63, 3.8) is 0 Å². The lowest BCUT2D eigenvalue weighted by molar-refractivity contribution is 0.0544. The molecule has 7 heteroatoms. The van der Waals surface area contributed by atoms with E-state index < -0.39 is 0 Å². The number of fused-ring (bicyclic) bond motifs is 1. The lowest BCUT2D eigenvalue weighted by atomic mass is 9.93. The number of aromatic nitrogens is 2. The van der Waals surface area contributed by atoms with Crippen LogP contribution in [0.2, 0.25) is 0 Å². The van der Waals surface area contributed by atoms with Crippen molar-refractivity contribution in [2.45, 2.75) is 72.4 Å². The van der Waals surface area contributed by atoms with E-state index in [0.29, 0.717) is 43.0 Å². The Balaban J connectivity index is 1.68. The second-order valence-corrected chi connectivity index (χ2v) is 10.3. The average Bonchev–Trinajstić information content (AvgIpc) is 3.32. The minimum Gasteiger partial charge on any atom is -0.394 e. The highest BCUT2D eigenvalue weighted by molar-refractivity contribution is 5.98. The summed E-state index contributed by atoms with van der Waals surface area (Å²) < 4.78 is 1.71. The predicted molar refractivity (Wildman–Crippen MR) is 150 cm³/mol. The van der Waals surface area contributed by atoms with Gasteiger partial charge in [-0.15, -0.1) is 0 Å². The fourth-order valence-electron chi connectivity index (χ4n) is 5.15. The molecule has 2 heterocycles. The Labute approximate surface area is 226 Å². The van der Waals surface area contributed by atoms with Crippen LogP contribution in [0.25, 0.3) is 5.69 Å². The van der Waals surface area contributed by atoms with Crippen molar-refractivity contribution in [2.24, 2.45) is 0 Å². The molecule has 1 N–H and O–H groups in total. The molecular formula is C31H40N4O3. The Bertz CT molecular complexity index is 1270. The van der Waals surface area contributed by atoms with Crippen molar-refractivity contribution in [3.05, 3.63) is 82.2 Å². The van der Waals surface area contributed by atoms with E-state index in [1.54, 1.807) is 9.58 Å². The number of amides is 2. The number of hydrogen-bond donors (Lipinski definition) is 1. The van der Waals surface area contributed by atoms with Crippen molar-refractivity contribution >= 4 is 11.8 Å². The van der Waals surface area contributed by atoms with E-state index in [9.17, 15) is 14.7 Å². The highest BCUT2D eigenvalue weighted by Gasteiger charge is 2.32. The van der Waals surface area contributed by atoms with Gasteiger partial charge in [0.05, 0.1) is 23.9 Å². The van der Waals surface area contributed by atoms with E-state index in [4.69, 9.17) is 5.10 Å². The maximum atomic E-state index is 14.0. The van der Waals surface area contributed by atoms with Crippen molar-refractivity contribution < 1.29 is 14.7 Å². The first-order chi connectivity index (χ1) is 18.4. The lowest BCUT2D eigenvalue weighted by Crippen LogP contribution is -2.46. The molecule has 2 amide bonds. The largest absolute Gasteiger partial charge is 0.394 e. The molecule has 1 aliphatic rings. The zero-order valence-electron chi connectivity index (χ0n) is 23.1. The molecule has 38 heavy (non-hydrogen) atoms. The van der Waals surface area contributed by atoms with Gasteiger partial charge in [-0.1, -0.05) is 62.6 Å². The van der Waals surface area contributed by atoms with Crippen molar-refractivity contribution in [1.82, 2.24) is 19.6 Å². The number of hydrogen-bond acceptors (Lipinski definition) is 4. The van der Waals surface area contributed by atoms with E-state index in [-0.39, 0.29) is 24.5 Å². The summed E-state index contributed by atoms with van der Waals surface area (Å²) in [6.45, 7) is 9.89. The van der Waals surface area contributed by atoms with E-state index in [1.807, 2.05) is 61.2 Å². The van der Waals surface area contributed by atoms with Crippen LogP contribution in [-0.4, -0.2) is 62.2 Å². The van der Waals surface area contributed by atoms with Gasteiger partial charge in [0.1, 0.15) is 0 Å². The number of rotatable bonds is 10. The van der Waals surface area contributed by atoms with Crippen LogP contribution in [0.15, 0.2) is 48.5 Å². The standard InChI is InChI=1S/C31H40N4O3/c1-5-7-15-33(16-8-6-2)31(38)28-18-23(4)35(32-28)29-14-13-22(3)17-27(29)30(37)34-20-25-12-10-9-11-24(25)19-26(34)21-36/h9-14,17-18,26,36H,5-8,15-16,19-21H2,1-4H3/t26-/m1/s1. The summed E-state index contributed by atoms with van der Waals surface area (Å²) in [7, 11) is 0. The lowest BCUT2D eigenvalue weighted by Gasteiger charge is -2.36. The molecule has 0 aliphatic carbocycles. The molecule has 0 spiro atoms. The predicted octanol–water partition coefficient (Wildman–Crippen LogP) is 5.09. The summed E-state index contributed by atoms with van der Waals surface area (Å²) in [6, 6.07) is 15.3. The Morgan fingerprint density at radius 1 is 1.00 bits per heavy atom. The molecule has 1 atom stereocenters. The van der Waals surface area contributed by atoms with E-state index in [0.717, 1.165) is 42.5 Å². The number of aliphatic hydroxyl groups is 1. The first-order valence-electron chi connectivity index (χ1n) is 13.8. The minimum absolute atomic E-state index is 0.0679. The van der Waals surface area contributed by atoms with Crippen LogP contribution < -0.4 is 0 Å². The summed E-state index contributed by atoms with van der Waals surface area (Å²) in [5, 5.41) is 14.9. The highest BCUT2D eigenvalue weighted by Crippen LogP contribution is 2.28. The zero-order chi connectivity index (χ0) is 27.2. The van der Waals surface area contributed by atoms with E-state index >= 15 is 0 Å². The van der Waals surface area contributed by atoms with Crippen molar-refractivity contribution in [2.75, 3.05) is 19.7 Å². The van der Waals surface area contributed by atoms with E-state index in [1.165, 1.54) is 5.56 Å². The molecule has 0 saturated carbocycles. The molecule has 2 aromatic carbocycles. The summed E-state index contributed by atoms with van der Waals surface area (Å²) in [4.78, 5) is 31.1. The molecule has 1 aromatic heterocycles. The van der Waals surface area contributed by atoms with E-state index in [2.05, 4.69) is 19.9 Å². The first-order valence-corrected chi connectivity index (χ1v) is 13.8. The first kappa shape index (κ1) is 27.6. The molecule has 0 unspecified atom stereocenters. The minimum atomic E-state index is -0.299. The number of nitrogens with zero attached hydrogens (tertiary/aromatic N) is 4. The number of benzene rings is 2. The molecule has 1 aliphatic heterocycles. The Morgan fingerprint density at radius 3 is 2.34 bits per heavy atom. The van der Waals surface area contributed by atoms with Crippen LogP contribution in [0, 0.1) is 13.8 Å². The average molecular weight is 517 g/mol. The SMILES string of the molecule is CCCCN(CCCC)C(=O)c1cc(C)n(-c2ccc(C)cc2C(=O)N2Cc3ccccc3C[C@@H]2CO)n1. The molecule has 0 bridgehead atoms. The quantitative estimate of drug-likeness (QED) is 0.407. The van der Waals surface area contributed by atoms with Gasteiger partial charge < -0.3 is 14.9 Å². The van der Waals surface area contributed by atoms with Crippen LogP contribution in [0.4, 0.5) is 0 Å². The van der Waals surface area contributed by atoms with Gasteiger partial charge in [-0.2, -0.15) is 5.10 Å². The van der Waals surface area contributed by atoms with Crippen LogP contribution in [0.5, 0.6) is 0 Å². The number of aryl methyl sites for hydroxylation is 2. The third kappa shape index (κ3) is 5.83. The van der Waals surface area contributed by atoms with Crippen LogP contribution in [-0.2, 0) is 13.0 Å². The number of unbranched alkanes of at least 4 members (excludes halogenated alkanes) is 2. The molecule has 3 aromatic rings. The van der Waals surface area contributed by atoms with Crippen molar-refractivity contribution in [3.8, 4) is 5.69 Å². The maximum absolute atomic E-state index is 14.0. The monoisotopic (exact) mass is 516 g/mol. The van der Waals surface area contributed by atoms with Gasteiger partial charge in [0.25, 0.3) is 11.8 Å². The van der Waals surface area contributed by atoms with Gasteiger partial charge in [-0.3, -0.25) is 9.59 Å². The van der Waals surface area contributed by atoms with Gasteiger partial charge in [0, 0.05) is 25.3 Å². The van der Waals surface area contributed by atoms with Crippen molar-refractivity contribution in [1.29, 1.82) is 0 Å². The van der Waals surface area contributed by atoms with Gasteiger partial charge in [-0.25, -0.2) is 4.68 Å². The molecule has 202 valence electrons. The van der Waals surface area contributed by atoms with Gasteiger partial charge in [0.2, 0.25) is 0 Å². The second kappa shape index (κ2) is 12.4. The summed E-state index contributed by atoms with van der Waals surface area (Å²) >= 11 is 0. The van der Waals surface area contributed by atoms with Crippen LogP contribution in [0.3, 0.4) is 0 Å².